The van der Waals surface area contributed by atoms with Gasteiger partial charge in [-0.25, -0.2) is 4.39 Å². The van der Waals surface area contributed by atoms with E-state index >= 15 is 0 Å². The number of anilines is 1. The topological polar surface area (TPSA) is 29.3 Å². The molecule has 2 atom stereocenters. The van der Waals surface area contributed by atoms with Gasteiger partial charge in [0.1, 0.15) is 5.82 Å². The van der Waals surface area contributed by atoms with E-state index in [0.717, 1.165) is 0 Å². The molecule has 0 radical (unpaired) electrons. The van der Waals surface area contributed by atoms with E-state index in [9.17, 15) is 4.39 Å². The number of rotatable bonds is 3. The van der Waals surface area contributed by atoms with Crippen LogP contribution in [-0.4, -0.2) is 19.1 Å². The van der Waals surface area contributed by atoms with Gasteiger partial charge in [-0.3, -0.25) is 0 Å². The molecular formula is C11H17FN2. The highest BCUT2D eigenvalue weighted by atomic mass is 19.1. The summed E-state index contributed by atoms with van der Waals surface area (Å²) in [6.45, 7) is 3.90. The van der Waals surface area contributed by atoms with Crippen LogP contribution < -0.4 is 10.6 Å². The molecule has 0 amide bonds. The summed E-state index contributed by atoms with van der Waals surface area (Å²) in [4.78, 5) is 1.86. The normalized spacial score (nSPS) is 14.9. The number of para-hydroxylation sites is 1. The third-order valence-electron chi connectivity index (χ3n) is 2.60. The highest BCUT2D eigenvalue weighted by Crippen LogP contribution is 2.19. The summed E-state index contributed by atoms with van der Waals surface area (Å²) in [7, 11) is 1.85. The molecule has 0 saturated carbocycles. The van der Waals surface area contributed by atoms with Crippen molar-refractivity contribution in [1.82, 2.24) is 0 Å². The van der Waals surface area contributed by atoms with Crippen molar-refractivity contribution in [3.63, 3.8) is 0 Å². The maximum atomic E-state index is 13.4. The first kappa shape index (κ1) is 11.0. The van der Waals surface area contributed by atoms with E-state index in [4.69, 9.17) is 5.73 Å². The quantitative estimate of drug-likeness (QED) is 0.801. The number of likely N-dealkylation sites (N-methyl/N-ethyl adjacent to an activating group) is 1. The van der Waals surface area contributed by atoms with Crippen LogP contribution >= 0.6 is 0 Å². The number of hydrogen-bond acceptors (Lipinski definition) is 2. The fourth-order valence-electron chi connectivity index (χ4n) is 1.31. The molecular weight excluding hydrogens is 179 g/mol. The molecule has 0 aliphatic rings. The van der Waals surface area contributed by atoms with Crippen LogP contribution in [0.15, 0.2) is 24.3 Å². The second-order valence-electron chi connectivity index (χ2n) is 3.66. The minimum absolute atomic E-state index is 0.0135. The van der Waals surface area contributed by atoms with Gasteiger partial charge in [0.15, 0.2) is 0 Å². The van der Waals surface area contributed by atoms with Gasteiger partial charge in [-0.05, 0) is 26.0 Å². The van der Waals surface area contributed by atoms with Crippen molar-refractivity contribution in [2.24, 2.45) is 5.73 Å². The molecule has 1 rings (SSSR count). The van der Waals surface area contributed by atoms with E-state index < -0.39 is 0 Å². The summed E-state index contributed by atoms with van der Waals surface area (Å²) < 4.78 is 13.4. The summed E-state index contributed by atoms with van der Waals surface area (Å²) >= 11 is 0. The van der Waals surface area contributed by atoms with Crippen molar-refractivity contribution in [2.75, 3.05) is 11.9 Å². The van der Waals surface area contributed by atoms with Gasteiger partial charge in [-0.15, -0.1) is 0 Å². The van der Waals surface area contributed by atoms with Crippen LogP contribution in [0.25, 0.3) is 0 Å². The Balaban J connectivity index is 2.89. The van der Waals surface area contributed by atoms with Gasteiger partial charge < -0.3 is 10.6 Å². The minimum atomic E-state index is -0.206. The Labute approximate surface area is 84.5 Å². The lowest BCUT2D eigenvalue weighted by Crippen LogP contribution is -2.42. The summed E-state index contributed by atoms with van der Waals surface area (Å²) in [6, 6.07) is 6.85. The van der Waals surface area contributed by atoms with Gasteiger partial charge in [0.05, 0.1) is 5.69 Å². The van der Waals surface area contributed by atoms with E-state index in [0.29, 0.717) is 5.69 Å². The molecule has 0 aromatic heterocycles. The van der Waals surface area contributed by atoms with Crippen LogP contribution in [0.2, 0.25) is 0 Å². The lowest BCUT2D eigenvalue weighted by atomic mass is 10.1. The highest BCUT2D eigenvalue weighted by molar-refractivity contribution is 5.47. The zero-order valence-corrected chi connectivity index (χ0v) is 8.87. The first-order valence-corrected chi connectivity index (χ1v) is 4.77. The molecule has 0 spiro atoms. The molecule has 3 heteroatoms. The number of halogens is 1. The zero-order chi connectivity index (χ0) is 10.7. The molecule has 1 aromatic rings. The van der Waals surface area contributed by atoms with Crippen LogP contribution in [0.1, 0.15) is 13.8 Å². The largest absolute Gasteiger partial charge is 0.368 e. The maximum Gasteiger partial charge on any atom is 0.146 e. The molecule has 2 unspecified atom stereocenters. The molecule has 0 aliphatic carbocycles. The average molecular weight is 196 g/mol. The SMILES string of the molecule is CC(N)C(C)N(C)c1ccccc1F. The summed E-state index contributed by atoms with van der Waals surface area (Å²) in [5, 5.41) is 0. The third kappa shape index (κ3) is 2.23. The molecule has 14 heavy (non-hydrogen) atoms. The van der Waals surface area contributed by atoms with Crippen LogP contribution in [0.3, 0.4) is 0 Å². The van der Waals surface area contributed by atoms with Crippen molar-refractivity contribution < 1.29 is 4.39 Å². The molecule has 0 heterocycles. The average Bonchev–Trinajstić information content (AvgIpc) is 2.16. The minimum Gasteiger partial charge on any atom is -0.368 e. The standard InChI is InChI=1S/C11H17FN2/c1-8(13)9(2)14(3)11-7-5-4-6-10(11)12/h4-9H,13H2,1-3H3. The van der Waals surface area contributed by atoms with Gasteiger partial charge in [-0.1, -0.05) is 12.1 Å². The number of hydrogen-bond donors (Lipinski definition) is 1. The van der Waals surface area contributed by atoms with Crippen molar-refractivity contribution >= 4 is 5.69 Å². The zero-order valence-electron chi connectivity index (χ0n) is 8.87. The van der Waals surface area contributed by atoms with E-state index in [1.54, 1.807) is 12.1 Å². The molecule has 2 N–H and O–H groups in total. The second-order valence-corrected chi connectivity index (χ2v) is 3.66. The lowest BCUT2D eigenvalue weighted by molar-refractivity contribution is 0.554. The monoisotopic (exact) mass is 196 g/mol. The third-order valence-corrected chi connectivity index (χ3v) is 2.60. The van der Waals surface area contributed by atoms with E-state index in [-0.39, 0.29) is 17.9 Å². The molecule has 78 valence electrons. The van der Waals surface area contributed by atoms with E-state index in [1.165, 1.54) is 6.07 Å². The second kappa shape index (κ2) is 4.42. The Bertz CT molecular complexity index is 299. The Morgan fingerprint density at radius 1 is 1.29 bits per heavy atom. The molecule has 0 bridgehead atoms. The fourth-order valence-corrected chi connectivity index (χ4v) is 1.31. The number of nitrogens with two attached hydrogens (primary N) is 1. The molecule has 0 aliphatic heterocycles. The summed E-state index contributed by atoms with van der Waals surface area (Å²) in [6.07, 6.45) is 0. The van der Waals surface area contributed by atoms with Gasteiger partial charge in [0.25, 0.3) is 0 Å². The predicted octanol–water partition coefficient (Wildman–Crippen LogP) is 2.00. The molecule has 2 nitrogen and oxygen atoms in total. The smallest absolute Gasteiger partial charge is 0.146 e. The predicted molar refractivity (Wildman–Crippen MR) is 57.9 cm³/mol. The van der Waals surface area contributed by atoms with Crippen LogP contribution in [0.4, 0.5) is 10.1 Å². The fraction of sp³-hybridized carbons (Fsp3) is 0.455. The van der Waals surface area contributed by atoms with Crippen LogP contribution in [-0.2, 0) is 0 Å². The highest BCUT2D eigenvalue weighted by Gasteiger charge is 2.16. The summed E-state index contributed by atoms with van der Waals surface area (Å²) in [5.74, 6) is -0.206. The van der Waals surface area contributed by atoms with Crippen molar-refractivity contribution in [3.8, 4) is 0 Å². The molecule has 1 aromatic carbocycles. The number of benzene rings is 1. The lowest BCUT2D eigenvalue weighted by Gasteiger charge is -2.29. The van der Waals surface area contributed by atoms with Crippen molar-refractivity contribution in [3.05, 3.63) is 30.1 Å². The van der Waals surface area contributed by atoms with Gasteiger partial charge in [0.2, 0.25) is 0 Å². The maximum absolute atomic E-state index is 13.4. The summed E-state index contributed by atoms with van der Waals surface area (Å²) in [5.41, 5.74) is 6.35. The van der Waals surface area contributed by atoms with Crippen LogP contribution in [0, 0.1) is 5.82 Å². The van der Waals surface area contributed by atoms with Gasteiger partial charge in [-0.2, -0.15) is 0 Å². The van der Waals surface area contributed by atoms with Crippen LogP contribution in [0.5, 0.6) is 0 Å². The van der Waals surface area contributed by atoms with Crippen molar-refractivity contribution in [1.29, 1.82) is 0 Å². The Morgan fingerprint density at radius 3 is 2.36 bits per heavy atom. The van der Waals surface area contributed by atoms with Gasteiger partial charge >= 0.3 is 0 Å². The van der Waals surface area contributed by atoms with Crippen molar-refractivity contribution in [2.45, 2.75) is 25.9 Å². The number of nitrogens with zero attached hydrogens (tertiary/aromatic N) is 1. The Kier molecular flexibility index (Phi) is 3.47. The first-order valence-electron chi connectivity index (χ1n) is 4.77. The van der Waals surface area contributed by atoms with E-state index in [2.05, 4.69) is 0 Å². The first-order chi connectivity index (χ1) is 6.54. The molecule has 0 saturated heterocycles. The van der Waals surface area contributed by atoms with E-state index in [1.807, 2.05) is 31.9 Å². The Morgan fingerprint density at radius 2 is 1.86 bits per heavy atom. The Hall–Kier alpha value is -1.09. The van der Waals surface area contributed by atoms with Gasteiger partial charge in [0, 0.05) is 19.1 Å². The molecule has 0 fully saturated rings.